The second kappa shape index (κ2) is 7.21. The Morgan fingerprint density at radius 3 is 2.70 bits per heavy atom. The van der Waals surface area contributed by atoms with E-state index in [1.807, 2.05) is 12.1 Å². The summed E-state index contributed by atoms with van der Waals surface area (Å²) in [6.45, 7) is 0.610. The van der Waals surface area contributed by atoms with E-state index in [1.54, 1.807) is 36.8 Å². The average Bonchev–Trinajstić information content (AvgIpc) is 2.58. The van der Waals surface area contributed by atoms with E-state index in [0.29, 0.717) is 34.0 Å². The standard InChI is InChI=1S/C15H12Cl2N6/c16-11-1-2-12(17)13(7-11)21-15-22-14(9-20-23-15)19-8-10-3-5-18-6-4-10/h1-7,9H,8H2,(H2,19,21,22,23). The number of halogens is 2. The van der Waals surface area contributed by atoms with Crippen LogP contribution >= 0.6 is 23.2 Å². The molecule has 2 N–H and O–H groups in total. The van der Waals surface area contributed by atoms with E-state index in [0.717, 1.165) is 5.56 Å². The quantitative estimate of drug-likeness (QED) is 0.728. The number of nitrogens with one attached hydrogen (secondary N) is 2. The van der Waals surface area contributed by atoms with Crippen molar-refractivity contribution in [3.8, 4) is 0 Å². The number of anilines is 3. The summed E-state index contributed by atoms with van der Waals surface area (Å²) < 4.78 is 0. The van der Waals surface area contributed by atoms with Gasteiger partial charge in [0.25, 0.3) is 0 Å². The summed E-state index contributed by atoms with van der Waals surface area (Å²) in [6.07, 6.45) is 5.03. The third-order valence-electron chi connectivity index (χ3n) is 2.96. The van der Waals surface area contributed by atoms with E-state index < -0.39 is 0 Å². The lowest BCUT2D eigenvalue weighted by atomic mass is 10.3. The zero-order valence-electron chi connectivity index (χ0n) is 11.9. The SMILES string of the molecule is Clc1ccc(Cl)c(Nc2nncc(NCc3ccncc3)n2)c1. The van der Waals surface area contributed by atoms with Gasteiger partial charge in [-0.05, 0) is 35.9 Å². The van der Waals surface area contributed by atoms with Crippen molar-refractivity contribution in [2.75, 3.05) is 10.6 Å². The molecule has 3 aromatic rings. The van der Waals surface area contributed by atoms with Crippen molar-refractivity contribution in [2.24, 2.45) is 0 Å². The maximum absolute atomic E-state index is 6.11. The Balaban J connectivity index is 1.71. The van der Waals surface area contributed by atoms with E-state index in [2.05, 4.69) is 30.8 Å². The van der Waals surface area contributed by atoms with Gasteiger partial charge in [-0.25, -0.2) is 0 Å². The van der Waals surface area contributed by atoms with Crippen molar-refractivity contribution >= 4 is 40.7 Å². The Hall–Kier alpha value is -2.44. The van der Waals surface area contributed by atoms with Gasteiger partial charge in [0.1, 0.15) is 0 Å². The van der Waals surface area contributed by atoms with Crippen molar-refractivity contribution < 1.29 is 0 Å². The number of hydrogen-bond donors (Lipinski definition) is 2. The van der Waals surface area contributed by atoms with Crippen LogP contribution in [0.25, 0.3) is 0 Å². The summed E-state index contributed by atoms with van der Waals surface area (Å²) >= 11 is 12.1. The summed E-state index contributed by atoms with van der Waals surface area (Å²) in [7, 11) is 0. The van der Waals surface area contributed by atoms with Crippen molar-refractivity contribution in [1.82, 2.24) is 20.2 Å². The van der Waals surface area contributed by atoms with Crippen molar-refractivity contribution in [1.29, 1.82) is 0 Å². The van der Waals surface area contributed by atoms with Gasteiger partial charge in [-0.1, -0.05) is 23.2 Å². The Bertz CT molecular complexity index is 797. The van der Waals surface area contributed by atoms with E-state index in [9.17, 15) is 0 Å². The Labute approximate surface area is 142 Å². The molecule has 0 atom stereocenters. The minimum atomic E-state index is 0.328. The smallest absolute Gasteiger partial charge is 0.249 e. The minimum Gasteiger partial charge on any atom is -0.365 e. The van der Waals surface area contributed by atoms with E-state index in [4.69, 9.17) is 23.2 Å². The third kappa shape index (κ3) is 4.28. The normalized spacial score (nSPS) is 10.3. The number of rotatable bonds is 5. The largest absolute Gasteiger partial charge is 0.365 e. The summed E-state index contributed by atoms with van der Waals surface area (Å²) in [6, 6.07) is 8.95. The maximum atomic E-state index is 6.11. The van der Waals surface area contributed by atoms with Crippen LogP contribution in [0.4, 0.5) is 17.5 Å². The molecular weight excluding hydrogens is 335 g/mol. The van der Waals surface area contributed by atoms with Crippen LogP contribution in [0.15, 0.2) is 48.9 Å². The lowest BCUT2D eigenvalue weighted by Crippen LogP contribution is -2.05. The molecule has 0 radical (unpaired) electrons. The topological polar surface area (TPSA) is 75.6 Å². The number of pyridine rings is 1. The van der Waals surface area contributed by atoms with Gasteiger partial charge in [0.05, 0.1) is 16.9 Å². The van der Waals surface area contributed by atoms with Crippen molar-refractivity contribution in [3.05, 3.63) is 64.5 Å². The van der Waals surface area contributed by atoms with Crippen LogP contribution in [0, 0.1) is 0 Å². The van der Waals surface area contributed by atoms with Gasteiger partial charge >= 0.3 is 0 Å². The number of hydrogen-bond acceptors (Lipinski definition) is 6. The molecule has 0 spiro atoms. The molecule has 116 valence electrons. The molecule has 8 heteroatoms. The molecule has 2 heterocycles. The summed E-state index contributed by atoms with van der Waals surface area (Å²) in [4.78, 5) is 8.32. The minimum absolute atomic E-state index is 0.328. The van der Waals surface area contributed by atoms with Crippen LogP contribution in [0.1, 0.15) is 5.56 Å². The molecule has 3 rings (SSSR count). The summed E-state index contributed by atoms with van der Waals surface area (Å²) in [5.74, 6) is 0.923. The van der Waals surface area contributed by atoms with Gasteiger partial charge in [0.2, 0.25) is 5.95 Å². The highest BCUT2D eigenvalue weighted by atomic mass is 35.5. The maximum Gasteiger partial charge on any atom is 0.249 e. The number of benzene rings is 1. The van der Waals surface area contributed by atoms with Gasteiger partial charge in [-0.2, -0.15) is 10.1 Å². The lowest BCUT2D eigenvalue weighted by Gasteiger charge is -2.09. The first-order chi connectivity index (χ1) is 11.2. The molecule has 0 unspecified atom stereocenters. The fraction of sp³-hybridized carbons (Fsp3) is 0.0667. The molecular formula is C15H12Cl2N6. The van der Waals surface area contributed by atoms with Crippen LogP contribution in [-0.4, -0.2) is 20.2 Å². The first kappa shape index (κ1) is 15.5. The van der Waals surface area contributed by atoms with Gasteiger partial charge in [-0.15, -0.1) is 5.10 Å². The molecule has 0 saturated carbocycles. The monoisotopic (exact) mass is 346 g/mol. The molecule has 1 aromatic carbocycles. The van der Waals surface area contributed by atoms with E-state index in [1.165, 1.54) is 0 Å². The fourth-order valence-electron chi connectivity index (χ4n) is 1.85. The van der Waals surface area contributed by atoms with E-state index in [-0.39, 0.29) is 0 Å². The highest BCUT2D eigenvalue weighted by Gasteiger charge is 2.05. The zero-order valence-corrected chi connectivity index (χ0v) is 13.4. The molecule has 0 aliphatic carbocycles. The Morgan fingerprint density at radius 1 is 1.04 bits per heavy atom. The fourth-order valence-corrected chi connectivity index (χ4v) is 2.19. The first-order valence-electron chi connectivity index (χ1n) is 6.75. The molecule has 0 bridgehead atoms. The molecule has 0 amide bonds. The summed E-state index contributed by atoms with van der Waals surface area (Å²) in [5.41, 5.74) is 1.71. The highest BCUT2D eigenvalue weighted by Crippen LogP contribution is 2.27. The second-order valence-corrected chi connectivity index (χ2v) is 5.47. The first-order valence-corrected chi connectivity index (χ1v) is 7.51. The zero-order chi connectivity index (χ0) is 16.1. The lowest BCUT2D eigenvalue weighted by molar-refractivity contribution is 0.965. The Kier molecular flexibility index (Phi) is 4.85. The summed E-state index contributed by atoms with van der Waals surface area (Å²) in [5, 5.41) is 15.1. The van der Waals surface area contributed by atoms with E-state index >= 15 is 0 Å². The van der Waals surface area contributed by atoms with Crippen LogP contribution < -0.4 is 10.6 Å². The molecule has 6 nitrogen and oxygen atoms in total. The van der Waals surface area contributed by atoms with Crippen molar-refractivity contribution in [2.45, 2.75) is 6.54 Å². The molecule has 23 heavy (non-hydrogen) atoms. The molecule has 0 fully saturated rings. The van der Waals surface area contributed by atoms with Crippen LogP contribution in [0.2, 0.25) is 10.0 Å². The van der Waals surface area contributed by atoms with Gasteiger partial charge < -0.3 is 10.6 Å². The van der Waals surface area contributed by atoms with Crippen molar-refractivity contribution in [3.63, 3.8) is 0 Å². The predicted octanol–water partition coefficient (Wildman–Crippen LogP) is 3.93. The van der Waals surface area contributed by atoms with Crippen LogP contribution in [0.5, 0.6) is 0 Å². The molecule has 0 saturated heterocycles. The Morgan fingerprint density at radius 2 is 1.87 bits per heavy atom. The highest BCUT2D eigenvalue weighted by molar-refractivity contribution is 6.35. The number of aromatic nitrogens is 4. The van der Waals surface area contributed by atoms with Crippen LogP contribution in [0.3, 0.4) is 0 Å². The van der Waals surface area contributed by atoms with Gasteiger partial charge in [0.15, 0.2) is 5.82 Å². The van der Waals surface area contributed by atoms with Crippen LogP contribution in [-0.2, 0) is 6.54 Å². The van der Waals surface area contributed by atoms with Gasteiger partial charge in [0, 0.05) is 24.0 Å². The predicted molar refractivity (Wildman–Crippen MR) is 91.1 cm³/mol. The number of nitrogens with zero attached hydrogens (tertiary/aromatic N) is 4. The molecule has 0 aliphatic heterocycles. The second-order valence-electron chi connectivity index (χ2n) is 4.62. The van der Waals surface area contributed by atoms with Gasteiger partial charge in [-0.3, -0.25) is 4.98 Å². The molecule has 0 aliphatic rings. The third-order valence-corrected chi connectivity index (χ3v) is 3.52. The average molecular weight is 347 g/mol. The molecule has 2 aromatic heterocycles.